The Morgan fingerprint density at radius 2 is 2.12 bits per heavy atom. The monoisotopic (exact) mass is 389 g/mol. The van der Waals surface area contributed by atoms with Gasteiger partial charge in [0, 0.05) is 16.4 Å². The van der Waals surface area contributed by atoms with Crippen LogP contribution in [0.1, 0.15) is 35.1 Å². The zero-order valence-corrected chi connectivity index (χ0v) is 15.0. The van der Waals surface area contributed by atoms with E-state index in [0.717, 1.165) is 16.5 Å². The smallest absolute Gasteiger partial charge is 0.274 e. The van der Waals surface area contributed by atoms with Gasteiger partial charge in [-0.25, -0.2) is 9.37 Å². The van der Waals surface area contributed by atoms with Crippen LogP contribution in [0.25, 0.3) is 5.65 Å². The van der Waals surface area contributed by atoms with Crippen molar-refractivity contribution in [2.45, 2.75) is 26.7 Å². The number of hydrogen-bond donors (Lipinski definition) is 1. The quantitative estimate of drug-likeness (QED) is 0.699. The number of halogens is 2. The summed E-state index contributed by atoms with van der Waals surface area (Å²) in [5.74, 6) is -0.699. The Labute approximate surface area is 147 Å². The number of pyridine rings is 1. The number of carbonyl (C=O) groups is 1. The number of amides is 1. The fraction of sp³-hybridized carbons (Fsp3) is 0.222. The Balaban J connectivity index is 2.02. The molecule has 0 aliphatic rings. The van der Waals surface area contributed by atoms with E-state index in [9.17, 15) is 9.18 Å². The Bertz CT molecular complexity index is 920. The van der Waals surface area contributed by atoms with Gasteiger partial charge in [0.2, 0.25) is 0 Å². The highest BCUT2D eigenvalue weighted by Gasteiger charge is 2.19. The molecule has 1 N–H and O–H groups in total. The molecule has 2 aromatic heterocycles. The molecule has 0 saturated carbocycles. The average Bonchev–Trinajstić information content (AvgIpc) is 2.88. The van der Waals surface area contributed by atoms with E-state index in [-0.39, 0.29) is 5.91 Å². The largest absolute Gasteiger partial charge is 0.321 e. The van der Waals surface area contributed by atoms with Gasteiger partial charge in [0.05, 0.1) is 5.69 Å². The summed E-state index contributed by atoms with van der Waals surface area (Å²) >= 11 is 3.44. The molecule has 0 aliphatic heterocycles. The number of rotatable bonds is 4. The molecule has 0 bridgehead atoms. The Morgan fingerprint density at radius 1 is 1.33 bits per heavy atom. The molecule has 0 unspecified atom stereocenters. The number of hydrogen-bond acceptors (Lipinski definition) is 2. The second-order valence-electron chi connectivity index (χ2n) is 5.65. The summed E-state index contributed by atoms with van der Waals surface area (Å²) in [6.07, 6.45) is 2.80. The lowest BCUT2D eigenvalue weighted by Gasteiger charge is -2.08. The number of aromatic nitrogens is 2. The van der Waals surface area contributed by atoms with E-state index in [0.29, 0.717) is 29.1 Å². The highest BCUT2D eigenvalue weighted by atomic mass is 79.9. The maximum atomic E-state index is 13.6. The predicted octanol–water partition coefficient (Wildman–Crippen LogP) is 4.75. The van der Waals surface area contributed by atoms with Gasteiger partial charge in [-0.15, -0.1) is 0 Å². The van der Waals surface area contributed by atoms with Crippen molar-refractivity contribution in [2.24, 2.45) is 0 Å². The summed E-state index contributed by atoms with van der Waals surface area (Å²) in [4.78, 5) is 17.3. The molecule has 0 saturated heterocycles. The molecule has 4 nitrogen and oxygen atoms in total. The average molecular weight is 390 g/mol. The number of carbonyl (C=O) groups excluding carboxylic acids is 1. The second kappa shape index (κ2) is 6.73. The summed E-state index contributed by atoms with van der Waals surface area (Å²) in [6, 6.07) is 8.50. The zero-order valence-electron chi connectivity index (χ0n) is 13.4. The zero-order chi connectivity index (χ0) is 17.3. The third-order valence-corrected chi connectivity index (χ3v) is 4.66. The van der Waals surface area contributed by atoms with Crippen molar-refractivity contribution < 1.29 is 9.18 Å². The molecule has 6 heteroatoms. The fourth-order valence-corrected chi connectivity index (χ4v) is 2.88. The van der Waals surface area contributed by atoms with Gasteiger partial charge in [-0.05, 0) is 49.2 Å². The molecule has 0 radical (unpaired) electrons. The standard InChI is InChI=1S/C18H17BrFN3O/c1-3-4-15-17(23-10-12(20)5-8-16(23)22-15)18(24)21-13-6-7-14(19)11(2)9-13/h5-10H,3-4H2,1-2H3,(H,21,24). The van der Waals surface area contributed by atoms with Crippen LogP contribution in [0.4, 0.5) is 10.1 Å². The summed E-state index contributed by atoms with van der Waals surface area (Å²) in [6.45, 7) is 3.97. The third kappa shape index (κ3) is 3.19. The first-order valence-corrected chi connectivity index (χ1v) is 8.53. The van der Waals surface area contributed by atoms with E-state index in [2.05, 4.69) is 26.2 Å². The molecule has 1 amide bonds. The van der Waals surface area contributed by atoms with E-state index >= 15 is 0 Å². The molecule has 0 aliphatic carbocycles. The van der Waals surface area contributed by atoms with Crippen LogP contribution in [0, 0.1) is 12.7 Å². The van der Waals surface area contributed by atoms with Crippen LogP contribution in [-0.4, -0.2) is 15.3 Å². The van der Waals surface area contributed by atoms with Crippen molar-refractivity contribution >= 4 is 33.2 Å². The van der Waals surface area contributed by atoms with E-state index in [1.807, 2.05) is 32.0 Å². The number of benzene rings is 1. The van der Waals surface area contributed by atoms with Gasteiger partial charge in [-0.3, -0.25) is 9.20 Å². The van der Waals surface area contributed by atoms with Gasteiger partial charge in [0.25, 0.3) is 5.91 Å². The van der Waals surface area contributed by atoms with E-state index in [1.54, 1.807) is 6.07 Å². The van der Waals surface area contributed by atoms with Crippen molar-refractivity contribution in [2.75, 3.05) is 5.32 Å². The van der Waals surface area contributed by atoms with Crippen molar-refractivity contribution in [1.29, 1.82) is 0 Å². The predicted molar refractivity (Wildman–Crippen MR) is 96.0 cm³/mol. The van der Waals surface area contributed by atoms with E-state index in [4.69, 9.17) is 0 Å². The molecule has 0 spiro atoms. The lowest BCUT2D eigenvalue weighted by atomic mass is 10.2. The second-order valence-corrected chi connectivity index (χ2v) is 6.51. The Hall–Kier alpha value is -2.21. The minimum absolute atomic E-state index is 0.293. The van der Waals surface area contributed by atoms with E-state index < -0.39 is 5.82 Å². The molecule has 3 rings (SSSR count). The summed E-state index contributed by atoms with van der Waals surface area (Å²) in [5.41, 5.74) is 3.33. The van der Waals surface area contributed by atoms with Gasteiger partial charge in [0.1, 0.15) is 17.2 Å². The molecule has 124 valence electrons. The minimum atomic E-state index is -0.406. The van der Waals surface area contributed by atoms with Gasteiger partial charge in [0.15, 0.2) is 0 Å². The van der Waals surface area contributed by atoms with Crippen LogP contribution in [0.15, 0.2) is 41.0 Å². The van der Waals surface area contributed by atoms with Crippen LogP contribution in [0.3, 0.4) is 0 Å². The third-order valence-electron chi connectivity index (χ3n) is 3.77. The topological polar surface area (TPSA) is 46.4 Å². The van der Waals surface area contributed by atoms with Gasteiger partial charge in [-0.2, -0.15) is 0 Å². The van der Waals surface area contributed by atoms with E-state index in [1.165, 1.54) is 16.7 Å². The van der Waals surface area contributed by atoms with Crippen LogP contribution in [0.5, 0.6) is 0 Å². The first kappa shape index (κ1) is 16.6. The Morgan fingerprint density at radius 3 is 2.83 bits per heavy atom. The molecule has 3 aromatic rings. The van der Waals surface area contributed by atoms with Crippen LogP contribution < -0.4 is 5.32 Å². The van der Waals surface area contributed by atoms with Crippen molar-refractivity contribution in [3.05, 3.63) is 63.8 Å². The number of nitrogens with one attached hydrogen (secondary N) is 1. The molecule has 1 aromatic carbocycles. The van der Waals surface area contributed by atoms with Crippen LogP contribution >= 0.6 is 15.9 Å². The lowest BCUT2D eigenvalue weighted by molar-refractivity contribution is 0.102. The molecule has 24 heavy (non-hydrogen) atoms. The van der Waals surface area contributed by atoms with Crippen molar-refractivity contribution in [1.82, 2.24) is 9.38 Å². The molecule has 0 atom stereocenters. The summed E-state index contributed by atoms with van der Waals surface area (Å²) in [7, 11) is 0. The number of fused-ring (bicyclic) bond motifs is 1. The normalized spacial score (nSPS) is 11.0. The first-order chi connectivity index (χ1) is 11.5. The first-order valence-electron chi connectivity index (χ1n) is 7.73. The number of anilines is 1. The molecule has 0 fully saturated rings. The maximum Gasteiger partial charge on any atom is 0.274 e. The fourth-order valence-electron chi connectivity index (χ4n) is 2.63. The van der Waals surface area contributed by atoms with Gasteiger partial charge >= 0.3 is 0 Å². The SMILES string of the molecule is CCCc1nc2ccc(F)cn2c1C(=O)Nc1ccc(Br)c(C)c1. The summed E-state index contributed by atoms with van der Waals surface area (Å²) < 4.78 is 16.1. The summed E-state index contributed by atoms with van der Waals surface area (Å²) in [5, 5.41) is 2.88. The van der Waals surface area contributed by atoms with Crippen molar-refractivity contribution in [3.8, 4) is 0 Å². The number of nitrogens with zero attached hydrogens (tertiary/aromatic N) is 2. The highest BCUT2D eigenvalue weighted by Crippen LogP contribution is 2.22. The van der Waals surface area contributed by atoms with Gasteiger partial charge < -0.3 is 5.32 Å². The highest BCUT2D eigenvalue weighted by molar-refractivity contribution is 9.10. The van der Waals surface area contributed by atoms with Crippen LogP contribution in [-0.2, 0) is 6.42 Å². The molecular weight excluding hydrogens is 373 g/mol. The van der Waals surface area contributed by atoms with Crippen LogP contribution in [0.2, 0.25) is 0 Å². The minimum Gasteiger partial charge on any atom is -0.321 e. The molecule has 2 heterocycles. The van der Waals surface area contributed by atoms with Crippen molar-refractivity contribution in [3.63, 3.8) is 0 Å². The Kier molecular flexibility index (Phi) is 4.66. The maximum absolute atomic E-state index is 13.6. The van der Waals surface area contributed by atoms with Gasteiger partial charge in [-0.1, -0.05) is 29.3 Å². The number of aryl methyl sites for hydroxylation is 2. The number of imidazole rings is 1. The lowest BCUT2D eigenvalue weighted by Crippen LogP contribution is -2.16. The molecular formula is C18H17BrFN3O.